The SMILES string of the molecule is COC(=O)CCOCCOCCOCCOCCOCCOCCOCCCCCC(=O)Nc1cccc2c1C(=O)N(C1CCC(=O)NC1=O)C2=O. The number of esters is 1. The van der Waals surface area contributed by atoms with Gasteiger partial charge in [0.1, 0.15) is 6.04 Å². The second-order valence-corrected chi connectivity index (χ2v) is 11.6. The highest BCUT2D eigenvalue weighted by Crippen LogP contribution is 2.32. The van der Waals surface area contributed by atoms with Gasteiger partial charge in [-0.3, -0.25) is 39.0 Å². The predicted octanol–water partition coefficient (Wildman–Crippen LogP) is 1.27. The van der Waals surface area contributed by atoms with Crippen molar-refractivity contribution in [3.8, 4) is 0 Å². The molecule has 0 radical (unpaired) electrons. The van der Waals surface area contributed by atoms with Gasteiger partial charge in [-0.1, -0.05) is 12.5 Å². The molecule has 0 aromatic heterocycles. The average molecular weight is 738 g/mol. The third-order valence-electron chi connectivity index (χ3n) is 7.84. The lowest BCUT2D eigenvalue weighted by molar-refractivity contribution is -0.142. The van der Waals surface area contributed by atoms with E-state index in [1.165, 1.54) is 13.2 Å². The number of nitrogens with zero attached hydrogens (tertiary/aromatic N) is 1. The fourth-order valence-electron chi connectivity index (χ4n) is 5.18. The first-order chi connectivity index (χ1) is 25.3. The van der Waals surface area contributed by atoms with E-state index in [1.54, 1.807) is 12.1 Å². The van der Waals surface area contributed by atoms with Gasteiger partial charge < -0.3 is 43.2 Å². The maximum atomic E-state index is 13.2. The minimum absolute atomic E-state index is 0.0271. The van der Waals surface area contributed by atoms with E-state index in [2.05, 4.69) is 15.4 Å². The number of amides is 5. The molecule has 0 aliphatic carbocycles. The van der Waals surface area contributed by atoms with Gasteiger partial charge in [-0.2, -0.15) is 0 Å². The van der Waals surface area contributed by atoms with Gasteiger partial charge >= 0.3 is 5.97 Å². The smallest absolute Gasteiger partial charge is 0.307 e. The van der Waals surface area contributed by atoms with Crippen LogP contribution in [-0.2, 0) is 57.1 Å². The summed E-state index contributed by atoms with van der Waals surface area (Å²) in [6, 6.07) is 3.52. The van der Waals surface area contributed by atoms with Crippen LogP contribution in [0.5, 0.6) is 0 Å². The molecular weight excluding hydrogens is 686 g/mol. The van der Waals surface area contributed by atoms with E-state index in [1.807, 2.05) is 0 Å². The van der Waals surface area contributed by atoms with E-state index in [0.717, 1.165) is 17.7 Å². The van der Waals surface area contributed by atoms with Crippen LogP contribution in [0.4, 0.5) is 5.69 Å². The molecule has 0 spiro atoms. The second kappa shape index (κ2) is 25.2. The van der Waals surface area contributed by atoms with Crippen LogP contribution in [-0.4, -0.2) is 146 Å². The molecule has 2 aliphatic rings. The first-order valence-electron chi connectivity index (χ1n) is 17.6. The van der Waals surface area contributed by atoms with Gasteiger partial charge in [-0.05, 0) is 31.4 Å². The Bertz CT molecular complexity index is 1310. The maximum Gasteiger partial charge on any atom is 0.307 e. The molecule has 1 unspecified atom stereocenters. The fourth-order valence-corrected chi connectivity index (χ4v) is 5.18. The second-order valence-electron chi connectivity index (χ2n) is 11.6. The summed E-state index contributed by atoms with van der Waals surface area (Å²) in [6.45, 7) is 6.15. The average Bonchev–Trinajstić information content (AvgIpc) is 3.38. The number of fused-ring (bicyclic) bond motifs is 1. The van der Waals surface area contributed by atoms with Crippen LogP contribution in [0.15, 0.2) is 18.2 Å². The number of unbranched alkanes of at least 4 members (excludes halogenated alkanes) is 2. The van der Waals surface area contributed by atoms with Crippen molar-refractivity contribution in [3.63, 3.8) is 0 Å². The van der Waals surface area contributed by atoms with Crippen LogP contribution in [0.3, 0.4) is 0 Å². The van der Waals surface area contributed by atoms with Crippen molar-refractivity contribution < 1.29 is 66.7 Å². The van der Waals surface area contributed by atoms with Gasteiger partial charge in [0.25, 0.3) is 11.8 Å². The Morgan fingerprint density at radius 3 is 1.77 bits per heavy atom. The highest BCUT2D eigenvalue weighted by Gasteiger charge is 2.45. The van der Waals surface area contributed by atoms with Crippen molar-refractivity contribution in [1.82, 2.24) is 10.2 Å². The van der Waals surface area contributed by atoms with Crippen LogP contribution >= 0.6 is 0 Å². The van der Waals surface area contributed by atoms with Crippen molar-refractivity contribution >= 4 is 41.2 Å². The van der Waals surface area contributed by atoms with Gasteiger partial charge in [0.2, 0.25) is 17.7 Å². The number of rotatable bonds is 29. The monoisotopic (exact) mass is 737 g/mol. The van der Waals surface area contributed by atoms with Gasteiger partial charge in [0, 0.05) is 19.4 Å². The van der Waals surface area contributed by atoms with Crippen molar-refractivity contribution in [2.24, 2.45) is 0 Å². The molecule has 17 nitrogen and oxygen atoms in total. The molecule has 1 atom stereocenters. The Kier molecular flexibility index (Phi) is 20.6. The largest absolute Gasteiger partial charge is 0.469 e. The first kappa shape index (κ1) is 42.6. The molecule has 1 saturated heterocycles. The lowest BCUT2D eigenvalue weighted by atomic mass is 10.0. The molecule has 17 heteroatoms. The molecule has 1 fully saturated rings. The lowest BCUT2D eigenvalue weighted by Gasteiger charge is -2.27. The van der Waals surface area contributed by atoms with Crippen molar-refractivity contribution in [3.05, 3.63) is 29.3 Å². The number of anilines is 1. The third-order valence-corrected chi connectivity index (χ3v) is 7.84. The number of ether oxygens (including phenoxy) is 8. The van der Waals surface area contributed by atoms with E-state index >= 15 is 0 Å². The van der Waals surface area contributed by atoms with E-state index in [0.29, 0.717) is 98.9 Å². The first-order valence-corrected chi connectivity index (χ1v) is 17.6. The van der Waals surface area contributed by atoms with E-state index in [9.17, 15) is 28.8 Å². The van der Waals surface area contributed by atoms with Gasteiger partial charge in [0.15, 0.2) is 0 Å². The summed E-state index contributed by atoms with van der Waals surface area (Å²) in [6.07, 6.45) is 2.66. The number of imide groups is 2. The minimum atomic E-state index is -1.07. The molecule has 0 saturated carbocycles. The number of nitrogens with one attached hydrogen (secondary N) is 2. The summed E-state index contributed by atoms with van der Waals surface area (Å²) in [4.78, 5) is 74.4. The van der Waals surface area contributed by atoms with E-state index in [4.69, 9.17) is 33.2 Å². The van der Waals surface area contributed by atoms with Crippen LogP contribution in [0.1, 0.15) is 65.7 Å². The van der Waals surface area contributed by atoms with Crippen molar-refractivity contribution in [2.45, 2.75) is 51.0 Å². The van der Waals surface area contributed by atoms with Crippen molar-refractivity contribution in [2.75, 3.05) is 105 Å². The quantitative estimate of drug-likeness (QED) is 0.0676. The molecule has 2 aliphatic heterocycles. The molecular formula is C35H51N3O14. The van der Waals surface area contributed by atoms with Gasteiger partial charge in [0.05, 0.1) is 116 Å². The van der Waals surface area contributed by atoms with E-state index < -0.39 is 29.7 Å². The van der Waals surface area contributed by atoms with Crippen LogP contribution in [0.2, 0.25) is 0 Å². The summed E-state index contributed by atoms with van der Waals surface area (Å²) in [5, 5.41) is 4.89. The molecule has 2 heterocycles. The Morgan fingerprint density at radius 1 is 0.692 bits per heavy atom. The number of benzene rings is 1. The van der Waals surface area contributed by atoms with Crippen molar-refractivity contribution in [1.29, 1.82) is 0 Å². The molecule has 1 aromatic rings. The Labute approximate surface area is 303 Å². The van der Waals surface area contributed by atoms with Gasteiger partial charge in [-0.25, -0.2) is 0 Å². The fraction of sp³-hybridized carbons (Fsp3) is 0.657. The third kappa shape index (κ3) is 15.4. The number of piperidine rings is 1. The summed E-state index contributed by atoms with van der Waals surface area (Å²) < 4.78 is 42.6. The molecule has 290 valence electrons. The number of hydrogen-bond acceptors (Lipinski definition) is 14. The zero-order valence-electron chi connectivity index (χ0n) is 29.8. The zero-order chi connectivity index (χ0) is 37.4. The predicted molar refractivity (Wildman–Crippen MR) is 183 cm³/mol. The summed E-state index contributed by atoms with van der Waals surface area (Å²) in [5.74, 6) is -3.03. The zero-order valence-corrected chi connectivity index (χ0v) is 29.8. The number of carbonyl (C=O) groups excluding carboxylic acids is 6. The topological polar surface area (TPSA) is 204 Å². The number of hydrogen-bond donors (Lipinski definition) is 2. The molecule has 2 N–H and O–H groups in total. The van der Waals surface area contributed by atoms with Crippen LogP contribution in [0.25, 0.3) is 0 Å². The Hall–Kier alpha value is -3.84. The summed E-state index contributed by atoms with van der Waals surface area (Å²) >= 11 is 0. The summed E-state index contributed by atoms with van der Waals surface area (Å²) in [5.41, 5.74) is 0.375. The van der Waals surface area contributed by atoms with Crippen LogP contribution in [0, 0.1) is 0 Å². The Morgan fingerprint density at radius 2 is 1.23 bits per heavy atom. The highest BCUT2D eigenvalue weighted by atomic mass is 16.6. The Balaban J connectivity index is 1.08. The molecule has 0 bridgehead atoms. The molecule has 5 amide bonds. The highest BCUT2D eigenvalue weighted by molar-refractivity contribution is 6.26. The van der Waals surface area contributed by atoms with Gasteiger partial charge in [-0.15, -0.1) is 0 Å². The lowest BCUT2D eigenvalue weighted by Crippen LogP contribution is -2.54. The van der Waals surface area contributed by atoms with E-state index in [-0.39, 0.29) is 54.4 Å². The number of methoxy groups -OCH3 is 1. The molecule has 52 heavy (non-hydrogen) atoms. The minimum Gasteiger partial charge on any atom is -0.469 e. The number of carbonyl (C=O) groups is 6. The maximum absolute atomic E-state index is 13.2. The summed E-state index contributed by atoms with van der Waals surface area (Å²) in [7, 11) is 1.34. The molecule has 3 rings (SSSR count). The normalized spacial score (nSPS) is 15.6. The van der Waals surface area contributed by atoms with Crippen LogP contribution < -0.4 is 10.6 Å². The standard InChI is InChI=1S/C35H51N3O14/c1-45-31(41)11-13-47-15-17-49-19-21-51-23-25-52-24-22-50-20-18-48-16-14-46-12-4-2-3-8-29(39)36-27-7-5-6-26-32(27)35(44)38(34(26)43)28-9-10-30(40)37-33(28)42/h5-7,28H,2-4,8-25H2,1H3,(H,36,39)(H,37,40,42). The molecule has 1 aromatic carbocycles.